The van der Waals surface area contributed by atoms with Gasteiger partial charge in [0.2, 0.25) is 11.8 Å². The van der Waals surface area contributed by atoms with Gasteiger partial charge in [-0.05, 0) is 87.3 Å². The molecule has 4 heterocycles. The molecule has 3 saturated heterocycles. The molecule has 1 aromatic rings. The molecule has 1 unspecified atom stereocenters. The molecule has 1 atom stereocenters. The van der Waals surface area contributed by atoms with E-state index in [1.807, 2.05) is 12.1 Å². The van der Waals surface area contributed by atoms with Crippen LogP contribution in [-0.4, -0.2) is 66.3 Å². The average molecular weight is 425 g/mol. The number of carbonyl (C=O) groups excluding carboxylic acids is 3. The first kappa shape index (κ1) is 20.6. The van der Waals surface area contributed by atoms with E-state index in [1.165, 1.54) is 24.9 Å². The largest absolute Gasteiger partial charge is 0.322 e. The lowest BCUT2D eigenvalue weighted by atomic mass is 9.85. The summed E-state index contributed by atoms with van der Waals surface area (Å²) in [6, 6.07) is 5.51. The number of nitrogens with one attached hydrogen (secondary N) is 2. The third-order valence-electron chi connectivity index (χ3n) is 7.62. The Morgan fingerprint density at radius 2 is 1.74 bits per heavy atom. The van der Waals surface area contributed by atoms with Crippen LogP contribution >= 0.6 is 0 Å². The van der Waals surface area contributed by atoms with Gasteiger partial charge < -0.3 is 15.1 Å². The normalized spacial score (nSPS) is 26.3. The van der Waals surface area contributed by atoms with Gasteiger partial charge in [0.05, 0.1) is 0 Å². The van der Waals surface area contributed by atoms with Crippen molar-refractivity contribution in [2.24, 2.45) is 5.92 Å². The predicted octanol–water partition coefficient (Wildman–Crippen LogP) is 1.63. The summed E-state index contributed by atoms with van der Waals surface area (Å²) >= 11 is 0. The van der Waals surface area contributed by atoms with Crippen molar-refractivity contribution in [3.8, 4) is 0 Å². The van der Waals surface area contributed by atoms with Crippen molar-refractivity contribution in [3.05, 3.63) is 34.9 Å². The van der Waals surface area contributed by atoms with Gasteiger partial charge >= 0.3 is 0 Å². The average Bonchev–Trinajstić information content (AvgIpc) is 3.12. The van der Waals surface area contributed by atoms with Crippen LogP contribution in [0, 0.1) is 5.92 Å². The SMILES string of the molecule is O=C1CCC(N2Cc3c(cccc3C3CCN(CC4CCNCC4)CC3)C2=O)C(=O)N1. The number of imide groups is 1. The number of rotatable bonds is 4. The van der Waals surface area contributed by atoms with Crippen LogP contribution in [0.4, 0.5) is 0 Å². The fraction of sp³-hybridized carbons (Fsp3) is 0.625. The van der Waals surface area contributed by atoms with Gasteiger partial charge in [-0.3, -0.25) is 19.7 Å². The number of hydrogen-bond donors (Lipinski definition) is 2. The summed E-state index contributed by atoms with van der Waals surface area (Å²) in [5, 5.41) is 5.84. The van der Waals surface area contributed by atoms with Crippen molar-refractivity contribution >= 4 is 17.7 Å². The summed E-state index contributed by atoms with van der Waals surface area (Å²) in [7, 11) is 0. The van der Waals surface area contributed by atoms with E-state index in [9.17, 15) is 14.4 Å². The Balaban J connectivity index is 1.26. The number of amides is 3. The quantitative estimate of drug-likeness (QED) is 0.718. The molecule has 1 aromatic carbocycles. The summed E-state index contributed by atoms with van der Waals surface area (Å²) < 4.78 is 0. The second-order valence-corrected chi connectivity index (χ2v) is 9.54. The summed E-state index contributed by atoms with van der Waals surface area (Å²) in [6.07, 6.45) is 5.50. The van der Waals surface area contributed by atoms with Gasteiger partial charge in [-0.15, -0.1) is 0 Å². The first-order valence-electron chi connectivity index (χ1n) is 11.8. The van der Waals surface area contributed by atoms with Gasteiger partial charge in [-0.2, -0.15) is 0 Å². The molecule has 0 aliphatic carbocycles. The molecule has 7 heteroatoms. The Bertz CT molecular complexity index is 872. The molecule has 0 saturated carbocycles. The molecular weight excluding hydrogens is 392 g/mol. The Kier molecular flexibility index (Phi) is 5.80. The molecule has 0 spiro atoms. The zero-order valence-electron chi connectivity index (χ0n) is 18.1. The minimum atomic E-state index is -0.544. The van der Waals surface area contributed by atoms with Gasteiger partial charge in [-0.25, -0.2) is 0 Å². The zero-order valence-corrected chi connectivity index (χ0v) is 18.1. The monoisotopic (exact) mass is 424 g/mol. The number of carbonyl (C=O) groups is 3. The van der Waals surface area contributed by atoms with Crippen LogP contribution in [0.15, 0.2) is 18.2 Å². The fourth-order valence-corrected chi connectivity index (χ4v) is 5.85. The van der Waals surface area contributed by atoms with Crippen LogP contribution in [0.5, 0.6) is 0 Å². The highest BCUT2D eigenvalue weighted by Crippen LogP contribution is 2.37. The lowest BCUT2D eigenvalue weighted by molar-refractivity contribution is -0.136. The van der Waals surface area contributed by atoms with Crippen LogP contribution in [0.3, 0.4) is 0 Å². The Morgan fingerprint density at radius 3 is 2.48 bits per heavy atom. The van der Waals surface area contributed by atoms with Gasteiger partial charge in [-0.1, -0.05) is 12.1 Å². The van der Waals surface area contributed by atoms with E-state index < -0.39 is 6.04 Å². The van der Waals surface area contributed by atoms with Crippen LogP contribution in [0.2, 0.25) is 0 Å². The van der Waals surface area contributed by atoms with E-state index in [0.29, 0.717) is 25.3 Å². The van der Waals surface area contributed by atoms with Crippen molar-refractivity contribution in [2.75, 3.05) is 32.7 Å². The molecule has 3 fully saturated rings. The van der Waals surface area contributed by atoms with Crippen molar-refractivity contribution in [1.82, 2.24) is 20.4 Å². The highest BCUT2D eigenvalue weighted by atomic mass is 16.2. The van der Waals surface area contributed by atoms with Gasteiger partial charge in [0.1, 0.15) is 6.04 Å². The third kappa shape index (κ3) is 4.13. The van der Waals surface area contributed by atoms with E-state index in [0.717, 1.165) is 56.1 Å². The molecule has 3 amide bonds. The predicted molar refractivity (Wildman–Crippen MR) is 116 cm³/mol. The summed E-state index contributed by atoms with van der Waals surface area (Å²) in [6.45, 7) is 6.21. The van der Waals surface area contributed by atoms with Gasteiger partial charge in [0, 0.05) is 25.1 Å². The molecule has 4 aliphatic rings. The first-order valence-corrected chi connectivity index (χ1v) is 11.8. The summed E-state index contributed by atoms with van der Waals surface area (Å²) in [5.74, 6) is 0.620. The van der Waals surface area contributed by atoms with Crippen LogP contribution in [0.1, 0.15) is 65.9 Å². The van der Waals surface area contributed by atoms with E-state index >= 15 is 0 Å². The van der Waals surface area contributed by atoms with Gasteiger partial charge in [0.15, 0.2) is 0 Å². The Hall–Kier alpha value is -2.25. The van der Waals surface area contributed by atoms with Crippen LogP contribution in [-0.2, 0) is 16.1 Å². The lowest BCUT2D eigenvalue weighted by Gasteiger charge is -2.36. The lowest BCUT2D eigenvalue weighted by Crippen LogP contribution is -2.52. The molecule has 2 N–H and O–H groups in total. The number of piperidine rings is 3. The summed E-state index contributed by atoms with van der Waals surface area (Å²) in [5.41, 5.74) is 3.11. The molecule has 0 bridgehead atoms. The molecule has 0 aromatic heterocycles. The molecule has 0 radical (unpaired) electrons. The number of hydrogen-bond acceptors (Lipinski definition) is 5. The molecule has 4 aliphatic heterocycles. The first-order chi connectivity index (χ1) is 15.1. The van der Waals surface area contributed by atoms with Gasteiger partial charge in [0.25, 0.3) is 5.91 Å². The number of nitrogens with zero attached hydrogens (tertiary/aromatic N) is 2. The minimum Gasteiger partial charge on any atom is -0.322 e. The number of likely N-dealkylation sites (tertiary alicyclic amines) is 1. The smallest absolute Gasteiger partial charge is 0.255 e. The maximum atomic E-state index is 13.1. The summed E-state index contributed by atoms with van der Waals surface area (Å²) in [4.78, 5) is 41.2. The second kappa shape index (κ2) is 8.71. The highest BCUT2D eigenvalue weighted by molar-refractivity contribution is 6.05. The Labute approximate surface area is 183 Å². The van der Waals surface area contributed by atoms with E-state index in [-0.39, 0.29) is 17.7 Å². The van der Waals surface area contributed by atoms with Crippen LogP contribution < -0.4 is 10.6 Å². The van der Waals surface area contributed by atoms with Crippen molar-refractivity contribution in [3.63, 3.8) is 0 Å². The number of benzene rings is 1. The maximum Gasteiger partial charge on any atom is 0.255 e. The maximum absolute atomic E-state index is 13.1. The van der Waals surface area contributed by atoms with E-state index in [1.54, 1.807) is 4.90 Å². The highest BCUT2D eigenvalue weighted by Gasteiger charge is 2.40. The van der Waals surface area contributed by atoms with E-state index in [4.69, 9.17) is 0 Å². The van der Waals surface area contributed by atoms with E-state index in [2.05, 4.69) is 21.6 Å². The molecule has 31 heavy (non-hydrogen) atoms. The molecular formula is C24H32N4O3. The minimum absolute atomic E-state index is 0.0744. The van der Waals surface area contributed by atoms with Crippen molar-refractivity contribution < 1.29 is 14.4 Å². The van der Waals surface area contributed by atoms with Crippen molar-refractivity contribution in [1.29, 1.82) is 0 Å². The zero-order chi connectivity index (χ0) is 21.4. The third-order valence-corrected chi connectivity index (χ3v) is 7.62. The topological polar surface area (TPSA) is 81.8 Å². The fourth-order valence-electron chi connectivity index (χ4n) is 5.85. The second-order valence-electron chi connectivity index (χ2n) is 9.54. The number of fused-ring (bicyclic) bond motifs is 1. The standard InChI is InChI=1S/C24H32N4O3/c29-22-5-4-21(23(30)26-22)28-15-20-18(2-1-3-19(20)24(28)31)17-8-12-27(13-9-17)14-16-6-10-25-11-7-16/h1-3,16-17,21,25H,4-15H2,(H,26,29,30). The molecule has 7 nitrogen and oxygen atoms in total. The molecule has 5 rings (SSSR count). The van der Waals surface area contributed by atoms with Crippen molar-refractivity contribution in [2.45, 2.75) is 57.0 Å². The Morgan fingerprint density at radius 1 is 0.968 bits per heavy atom. The van der Waals surface area contributed by atoms with Crippen LogP contribution in [0.25, 0.3) is 0 Å². The molecule has 166 valence electrons.